The van der Waals surface area contributed by atoms with Crippen LogP contribution in [0.3, 0.4) is 0 Å². The van der Waals surface area contributed by atoms with Gasteiger partial charge in [0.15, 0.2) is 5.82 Å². The molecule has 1 aliphatic heterocycles. The minimum atomic E-state index is 0.00350. The van der Waals surface area contributed by atoms with Crippen LogP contribution in [-0.2, 0) is 4.74 Å². The summed E-state index contributed by atoms with van der Waals surface area (Å²) < 4.78 is 5.93. The van der Waals surface area contributed by atoms with Crippen molar-refractivity contribution in [3.63, 3.8) is 0 Å². The number of H-pyrrole nitrogens is 1. The number of hydrogen-bond acceptors (Lipinski definition) is 4. The van der Waals surface area contributed by atoms with Crippen LogP contribution in [0.15, 0.2) is 48.7 Å². The van der Waals surface area contributed by atoms with E-state index in [1.807, 2.05) is 30.3 Å². The van der Waals surface area contributed by atoms with Crippen LogP contribution >= 0.6 is 0 Å². The highest BCUT2D eigenvalue weighted by atomic mass is 16.5. The van der Waals surface area contributed by atoms with Crippen LogP contribution in [0, 0.1) is 12.3 Å². The van der Waals surface area contributed by atoms with E-state index < -0.39 is 0 Å². The Bertz CT molecular complexity index is 864. The van der Waals surface area contributed by atoms with Crippen molar-refractivity contribution in [1.29, 1.82) is 0 Å². The minimum Gasteiger partial charge on any atom is -0.373 e. The maximum Gasteiger partial charge on any atom is 0.199 e. The molecule has 1 saturated heterocycles. The van der Waals surface area contributed by atoms with Gasteiger partial charge in [-0.25, -0.2) is 4.98 Å². The zero-order chi connectivity index (χ0) is 16.4. The van der Waals surface area contributed by atoms with Gasteiger partial charge >= 0.3 is 0 Å². The molecule has 0 unspecified atom stereocenters. The fourth-order valence-electron chi connectivity index (χ4n) is 3.01. The number of hydrogen-bond donors (Lipinski definition) is 1. The Morgan fingerprint density at radius 1 is 1.17 bits per heavy atom. The Labute approximate surface area is 140 Å². The van der Waals surface area contributed by atoms with Gasteiger partial charge < -0.3 is 4.74 Å². The van der Waals surface area contributed by atoms with Crippen LogP contribution in [0.1, 0.15) is 35.4 Å². The SMILES string of the molecule is C#Cc1ccc(-c2n[nH]c([C@@H]3CCO[C@H]3c3ccccc3)n2)nc1. The predicted octanol–water partition coefficient (Wildman–Crippen LogP) is 3.09. The van der Waals surface area contributed by atoms with Crippen LogP contribution < -0.4 is 0 Å². The number of nitrogens with zero attached hydrogens (tertiary/aromatic N) is 3. The van der Waals surface area contributed by atoms with Crippen LogP contribution in [-0.4, -0.2) is 26.8 Å². The van der Waals surface area contributed by atoms with Crippen molar-refractivity contribution in [2.75, 3.05) is 6.61 Å². The molecule has 4 rings (SSSR count). The number of benzene rings is 1. The molecule has 24 heavy (non-hydrogen) atoms. The highest BCUT2D eigenvalue weighted by molar-refractivity contribution is 5.50. The molecule has 3 heterocycles. The molecule has 0 radical (unpaired) electrons. The second-order valence-corrected chi connectivity index (χ2v) is 5.72. The van der Waals surface area contributed by atoms with E-state index >= 15 is 0 Å². The molecule has 1 aliphatic rings. The number of pyridine rings is 1. The van der Waals surface area contributed by atoms with E-state index in [2.05, 4.69) is 38.2 Å². The third kappa shape index (κ3) is 2.68. The Hall–Kier alpha value is -2.97. The number of aromatic nitrogens is 4. The van der Waals surface area contributed by atoms with Gasteiger partial charge in [0.25, 0.3) is 0 Å². The van der Waals surface area contributed by atoms with Crippen molar-refractivity contribution in [2.45, 2.75) is 18.4 Å². The van der Waals surface area contributed by atoms with Crippen molar-refractivity contribution >= 4 is 0 Å². The molecular formula is C19H16N4O. The molecule has 2 aromatic heterocycles. The molecule has 0 bridgehead atoms. The van der Waals surface area contributed by atoms with Crippen molar-refractivity contribution in [1.82, 2.24) is 20.2 Å². The Morgan fingerprint density at radius 3 is 2.79 bits per heavy atom. The standard InChI is InChI=1S/C19H16N4O/c1-2-13-8-9-16(20-12-13)19-21-18(22-23-19)15-10-11-24-17(15)14-6-4-3-5-7-14/h1,3-9,12,15,17H,10-11H2,(H,21,22,23)/t15-,17+/m1/s1. The molecule has 5 nitrogen and oxygen atoms in total. The van der Waals surface area contributed by atoms with Crippen molar-refractivity contribution in [3.8, 4) is 23.9 Å². The smallest absolute Gasteiger partial charge is 0.199 e. The van der Waals surface area contributed by atoms with Gasteiger partial charge in [-0.2, -0.15) is 5.10 Å². The average molecular weight is 316 g/mol. The molecule has 118 valence electrons. The van der Waals surface area contributed by atoms with Gasteiger partial charge in [0.1, 0.15) is 11.5 Å². The summed E-state index contributed by atoms with van der Waals surface area (Å²) in [6.45, 7) is 0.718. The monoisotopic (exact) mass is 316 g/mol. The molecule has 0 aliphatic carbocycles. The Morgan fingerprint density at radius 2 is 2.04 bits per heavy atom. The van der Waals surface area contributed by atoms with Crippen LogP contribution in [0.4, 0.5) is 0 Å². The largest absolute Gasteiger partial charge is 0.373 e. The summed E-state index contributed by atoms with van der Waals surface area (Å²) in [5, 5.41) is 7.36. The van der Waals surface area contributed by atoms with Gasteiger partial charge in [-0.15, -0.1) is 6.42 Å². The first-order valence-electron chi connectivity index (χ1n) is 7.87. The molecular weight excluding hydrogens is 300 g/mol. The van der Waals surface area contributed by atoms with Crippen LogP contribution in [0.25, 0.3) is 11.5 Å². The highest BCUT2D eigenvalue weighted by Gasteiger charge is 2.33. The van der Waals surface area contributed by atoms with E-state index in [1.54, 1.807) is 6.20 Å². The van der Waals surface area contributed by atoms with Gasteiger partial charge in [-0.3, -0.25) is 10.1 Å². The summed E-state index contributed by atoms with van der Waals surface area (Å²) in [4.78, 5) is 8.95. The van der Waals surface area contributed by atoms with E-state index in [1.165, 1.54) is 0 Å². The maximum atomic E-state index is 5.93. The number of nitrogens with one attached hydrogen (secondary N) is 1. The molecule has 0 spiro atoms. The molecule has 2 atom stereocenters. The molecule has 0 saturated carbocycles. The number of ether oxygens (including phenoxy) is 1. The van der Waals surface area contributed by atoms with Crippen molar-refractivity contribution in [2.24, 2.45) is 0 Å². The fraction of sp³-hybridized carbons (Fsp3) is 0.211. The van der Waals surface area contributed by atoms with E-state index in [4.69, 9.17) is 11.2 Å². The van der Waals surface area contributed by atoms with Gasteiger partial charge in [-0.05, 0) is 24.1 Å². The van der Waals surface area contributed by atoms with E-state index in [0.29, 0.717) is 11.5 Å². The summed E-state index contributed by atoms with van der Waals surface area (Å²) in [6.07, 6.45) is 7.92. The highest BCUT2D eigenvalue weighted by Crippen LogP contribution is 2.40. The lowest BCUT2D eigenvalue weighted by atomic mass is 9.95. The number of aromatic amines is 1. The normalized spacial score (nSPS) is 20.0. The molecule has 0 amide bonds. The molecule has 1 fully saturated rings. The van der Waals surface area contributed by atoms with Crippen molar-refractivity contribution < 1.29 is 4.74 Å². The van der Waals surface area contributed by atoms with Gasteiger partial charge in [0, 0.05) is 18.4 Å². The number of rotatable bonds is 3. The zero-order valence-electron chi connectivity index (χ0n) is 13.0. The van der Waals surface area contributed by atoms with Crippen molar-refractivity contribution in [3.05, 3.63) is 65.6 Å². The summed E-state index contributed by atoms with van der Waals surface area (Å²) in [5.74, 6) is 4.13. The maximum absolute atomic E-state index is 5.93. The lowest BCUT2D eigenvalue weighted by Crippen LogP contribution is -2.07. The minimum absolute atomic E-state index is 0.00350. The quantitative estimate of drug-likeness (QED) is 0.754. The van der Waals surface area contributed by atoms with E-state index in [9.17, 15) is 0 Å². The second kappa shape index (κ2) is 6.26. The van der Waals surface area contributed by atoms with E-state index in [0.717, 1.165) is 30.0 Å². The summed E-state index contributed by atoms with van der Waals surface area (Å²) in [6, 6.07) is 13.9. The average Bonchev–Trinajstić information content (AvgIpc) is 3.32. The van der Waals surface area contributed by atoms with Crippen LogP contribution in [0.5, 0.6) is 0 Å². The first kappa shape index (κ1) is 14.6. The van der Waals surface area contributed by atoms with Crippen LogP contribution in [0.2, 0.25) is 0 Å². The number of terminal acetylenes is 1. The fourth-order valence-corrected chi connectivity index (χ4v) is 3.01. The molecule has 1 aromatic carbocycles. The Balaban J connectivity index is 1.61. The van der Waals surface area contributed by atoms with Gasteiger partial charge in [0.2, 0.25) is 0 Å². The first-order valence-corrected chi connectivity index (χ1v) is 7.87. The summed E-state index contributed by atoms with van der Waals surface area (Å²) in [7, 11) is 0. The van der Waals surface area contributed by atoms with Gasteiger partial charge in [-0.1, -0.05) is 36.3 Å². The third-order valence-electron chi connectivity index (χ3n) is 4.23. The third-order valence-corrected chi connectivity index (χ3v) is 4.23. The summed E-state index contributed by atoms with van der Waals surface area (Å²) >= 11 is 0. The topological polar surface area (TPSA) is 63.7 Å². The first-order chi connectivity index (χ1) is 11.8. The lowest BCUT2D eigenvalue weighted by Gasteiger charge is -2.16. The van der Waals surface area contributed by atoms with Gasteiger partial charge in [0.05, 0.1) is 12.0 Å². The zero-order valence-corrected chi connectivity index (χ0v) is 13.0. The summed E-state index contributed by atoms with van der Waals surface area (Å²) in [5.41, 5.74) is 2.60. The lowest BCUT2D eigenvalue weighted by molar-refractivity contribution is 0.103. The molecule has 1 N–H and O–H groups in total. The molecule has 3 aromatic rings. The van der Waals surface area contributed by atoms with E-state index in [-0.39, 0.29) is 12.0 Å². The predicted molar refractivity (Wildman–Crippen MR) is 90.0 cm³/mol. The molecule has 5 heteroatoms. The second-order valence-electron chi connectivity index (χ2n) is 5.72. The Kier molecular flexibility index (Phi) is 3.81.